The maximum Gasteiger partial charge on any atom is 0.273 e. The number of aromatic nitrogens is 1. The first-order valence-corrected chi connectivity index (χ1v) is 9.17. The van der Waals surface area contributed by atoms with E-state index in [4.69, 9.17) is 10.5 Å². The van der Waals surface area contributed by atoms with Crippen molar-refractivity contribution in [1.29, 1.82) is 0 Å². The SMILES string of the molecule is Cc1c(O)c(N)nc(/N=N/c2ccc([N+](=O)[O-])cc2OCc2ccccc2)c1Br. The quantitative estimate of drug-likeness (QED) is 0.291. The molecule has 3 aromatic rings. The summed E-state index contributed by atoms with van der Waals surface area (Å²) < 4.78 is 6.18. The number of hydrogen-bond acceptors (Lipinski definition) is 8. The van der Waals surface area contributed by atoms with Gasteiger partial charge in [-0.1, -0.05) is 30.3 Å². The number of nitro groups is 1. The van der Waals surface area contributed by atoms with E-state index in [1.54, 1.807) is 6.92 Å². The Hall–Kier alpha value is -3.53. The summed E-state index contributed by atoms with van der Waals surface area (Å²) in [5, 5.41) is 29.1. The van der Waals surface area contributed by atoms with Crippen LogP contribution in [0.1, 0.15) is 11.1 Å². The Morgan fingerprint density at radius 3 is 2.66 bits per heavy atom. The Labute approximate surface area is 174 Å². The minimum atomic E-state index is -0.515. The fourth-order valence-corrected chi connectivity index (χ4v) is 2.75. The molecular formula is C19H16BrN5O4. The second-order valence-corrected chi connectivity index (χ2v) is 6.78. The lowest BCUT2D eigenvalue weighted by Gasteiger charge is -2.09. The number of benzene rings is 2. The Morgan fingerprint density at radius 2 is 1.97 bits per heavy atom. The van der Waals surface area contributed by atoms with Crippen molar-refractivity contribution in [3.63, 3.8) is 0 Å². The number of nitrogens with two attached hydrogens (primary N) is 1. The van der Waals surface area contributed by atoms with Crippen molar-refractivity contribution >= 4 is 38.9 Å². The van der Waals surface area contributed by atoms with Gasteiger partial charge < -0.3 is 15.6 Å². The van der Waals surface area contributed by atoms with Gasteiger partial charge in [-0.3, -0.25) is 10.1 Å². The number of non-ortho nitro benzene ring substituents is 1. The minimum absolute atomic E-state index is 0.0797. The lowest BCUT2D eigenvalue weighted by Crippen LogP contribution is -1.97. The van der Waals surface area contributed by atoms with Gasteiger partial charge in [-0.05, 0) is 34.5 Å². The number of hydrogen-bond donors (Lipinski definition) is 2. The van der Waals surface area contributed by atoms with Crippen LogP contribution in [0.15, 0.2) is 63.2 Å². The molecule has 0 amide bonds. The molecule has 0 radical (unpaired) electrons. The van der Waals surface area contributed by atoms with Gasteiger partial charge in [-0.2, -0.15) is 0 Å². The second-order valence-electron chi connectivity index (χ2n) is 5.99. The molecule has 0 bridgehead atoms. The van der Waals surface area contributed by atoms with E-state index in [2.05, 4.69) is 31.1 Å². The summed E-state index contributed by atoms with van der Waals surface area (Å²) in [7, 11) is 0. The van der Waals surface area contributed by atoms with Crippen molar-refractivity contribution in [3.05, 3.63) is 74.2 Å². The molecule has 0 unspecified atom stereocenters. The molecule has 0 aliphatic heterocycles. The molecule has 1 heterocycles. The number of pyridine rings is 1. The highest BCUT2D eigenvalue weighted by Gasteiger charge is 2.15. The zero-order valence-electron chi connectivity index (χ0n) is 15.2. The smallest absolute Gasteiger partial charge is 0.273 e. The van der Waals surface area contributed by atoms with Gasteiger partial charge >= 0.3 is 0 Å². The molecule has 0 fully saturated rings. The minimum Gasteiger partial charge on any atom is -0.504 e. The third-order valence-electron chi connectivity index (χ3n) is 3.99. The predicted molar refractivity (Wildman–Crippen MR) is 111 cm³/mol. The monoisotopic (exact) mass is 457 g/mol. The van der Waals surface area contributed by atoms with Gasteiger partial charge in [0, 0.05) is 11.6 Å². The normalized spacial score (nSPS) is 11.0. The highest BCUT2D eigenvalue weighted by atomic mass is 79.9. The second kappa shape index (κ2) is 8.65. The Morgan fingerprint density at radius 1 is 1.24 bits per heavy atom. The van der Waals surface area contributed by atoms with Crippen LogP contribution < -0.4 is 10.5 Å². The predicted octanol–water partition coefficient (Wildman–Crippen LogP) is 5.34. The topological polar surface area (TPSA) is 136 Å². The van der Waals surface area contributed by atoms with E-state index in [0.29, 0.717) is 10.0 Å². The van der Waals surface area contributed by atoms with Gasteiger partial charge in [-0.25, -0.2) is 4.98 Å². The number of rotatable bonds is 6. The summed E-state index contributed by atoms with van der Waals surface area (Å²) in [6.07, 6.45) is 0. The lowest BCUT2D eigenvalue weighted by atomic mass is 10.2. The largest absolute Gasteiger partial charge is 0.504 e. The van der Waals surface area contributed by atoms with Crippen LogP contribution in [0.3, 0.4) is 0 Å². The van der Waals surface area contributed by atoms with Crippen LogP contribution in [-0.4, -0.2) is 15.0 Å². The number of aromatic hydroxyl groups is 1. The van der Waals surface area contributed by atoms with Crippen molar-refractivity contribution in [1.82, 2.24) is 4.98 Å². The molecule has 0 saturated carbocycles. The third-order valence-corrected chi connectivity index (χ3v) is 4.94. The molecule has 10 heteroatoms. The van der Waals surface area contributed by atoms with Crippen LogP contribution in [0.5, 0.6) is 11.5 Å². The standard InChI is InChI=1S/C19H16BrN5O4/c1-11-16(20)19(22-18(21)17(11)26)24-23-14-8-7-13(25(27)28)9-15(14)29-10-12-5-3-2-4-6-12/h2-9,26H,10H2,1H3,(H2,21,22)/b24-23+. The van der Waals surface area contributed by atoms with Crippen molar-refractivity contribution in [2.45, 2.75) is 13.5 Å². The summed E-state index contributed by atoms with van der Waals surface area (Å²) in [5.74, 6) is 0.138. The van der Waals surface area contributed by atoms with Gasteiger partial charge in [-0.15, -0.1) is 10.2 Å². The maximum atomic E-state index is 11.1. The van der Waals surface area contributed by atoms with Crippen molar-refractivity contribution < 1.29 is 14.8 Å². The van der Waals surface area contributed by atoms with E-state index in [1.165, 1.54) is 18.2 Å². The molecule has 3 rings (SSSR count). The number of azo groups is 1. The fourth-order valence-electron chi connectivity index (χ4n) is 2.40. The van der Waals surface area contributed by atoms with Crippen LogP contribution in [0, 0.1) is 17.0 Å². The van der Waals surface area contributed by atoms with E-state index < -0.39 is 4.92 Å². The third kappa shape index (κ3) is 4.66. The number of anilines is 1. The fraction of sp³-hybridized carbons (Fsp3) is 0.105. The Balaban J connectivity index is 1.94. The molecule has 0 spiro atoms. The molecule has 9 nitrogen and oxygen atoms in total. The van der Waals surface area contributed by atoms with Crippen LogP contribution in [0.4, 0.5) is 23.0 Å². The van der Waals surface area contributed by atoms with Gasteiger partial charge in [0.25, 0.3) is 5.69 Å². The number of ether oxygens (including phenoxy) is 1. The first-order valence-electron chi connectivity index (χ1n) is 8.38. The summed E-state index contributed by atoms with van der Waals surface area (Å²) >= 11 is 3.30. The summed E-state index contributed by atoms with van der Waals surface area (Å²) in [6.45, 7) is 1.86. The van der Waals surface area contributed by atoms with Crippen LogP contribution in [0.2, 0.25) is 0 Å². The van der Waals surface area contributed by atoms with Gasteiger partial charge in [0.15, 0.2) is 23.1 Å². The highest BCUT2D eigenvalue weighted by Crippen LogP contribution is 2.38. The summed E-state index contributed by atoms with van der Waals surface area (Å²) in [4.78, 5) is 14.6. The Kier molecular flexibility index (Phi) is 6.03. The zero-order chi connectivity index (χ0) is 21.0. The zero-order valence-corrected chi connectivity index (χ0v) is 16.8. The average molecular weight is 458 g/mol. The van der Waals surface area contributed by atoms with Crippen LogP contribution in [-0.2, 0) is 6.61 Å². The lowest BCUT2D eigenvalue weighted by molar-refractivity contribution is -0.384. The van der Waals surface area contributed by atoms with Crippen molar-refractivity contribution in [2.24, 2.45) is 10.2 Å². The molecule has 29 heavy (non-hydrogen) atoms. The highest BCUT2D eigenvalue weighted by molar-refractivity contribution is 9.10. The first-order chi connectivity index (χ1) is 13.9. The number of nitro benzene ring substituents is 1. The molecule has 0 aliphatic carbocycles. The number of nitrogens with zero attached hydrogens (tertiary/aromatic N) is 4. The van der Waals surface area contributed by atoms with E-state index in [-0.39, 0.29) is 41.1 Å². The first kappa shape index (κ1) is 20.2. The molecule has 0 saturated heterocycles. The summed E-state index contributed by atoms with van der Waals surface area (Å²) in [5.41, 5.74) is 7.19. The van der Waals surface area contributed by atoms with E-state index in [9.17, 15) is 15.2 Å². The number of nitrogen functional groups attached to an aromatic ring is 1. The van der Waals surface area contributed by atoms with Crippen molar-refractivity contribution in [2.75, 3.05) is 5.73 Å². The molecular weight excluding hydrogens is 442 g/mol. The summed E-state index contributed by atoms with van der Waals surface area (Å²) in [6, 6.07) is 13.4. The maximum absolute atomic E-state index is 11.1. The van der Waals surface area contributed by atoms with E-state index in [1.807, 2.05) is 30.3 Å². The average Bonchev–Trinajstić information content (AvgIpc) is 2.73. The molecule has 0 aliphatic rings. The molecule has 2 aromatic carbocycles. The van der Waals surface area contributed by atoms with Crippen molar-refractivity contribution in [3.8, 4) is 11.5 Å². The van der Waals surface area contributed by atoms with E-state index in [0.717, 1.165) is 5.56 Å². The van der Waals surface area contributed by atoms with E-state index >= 15 is 0 Å². The van der Waals surface area contributed by atoms with Crippen LogP contribution >= 0.6 is 15.9 Å². The van der Waals surface area contributed by atoms with Gasteiger partial charge in [0.05, 0.1) is 15.5 Å². The molecule has 0 atom stereocenters. The van der Waals surface area contributed by atoms with Crippen LogP contribution in [0.25, 0.3) is 0 Å². The molecule has 1 aromatic heterocycles. The Bertz CT molecular complexity index is 1090. The van der Waals surface area contributed by atoms with Gasteiger partial charge in [0.2, 0.25) is 0 Å². The molecule has 148 valence electrons. The molecule has 3 N–H and O–H groups in total. The van der Waals surface area contributed by atoms with Gasteiger partial charge in [0.1, 0.15) is 12.3 Å². The number of halogens is 1.